The van der Waals surface area contributed by atoms with E-state index in [1.165, 1.54) is 27.0 Å². The molecule has 0 atom stereocenters. The Morgan fingerprint density at radius 1 is 1.03 bits per heavy atom. The molecule has 0 aliphatic heterocycles. The van der Waals surface area contributed by atoms with E-state index >= 15 is 0 Å². The topological polar surface area (TPSA) is 33.2 Å². The standard InChI is InChI=1S/C24H22N2OS2/c1-16-7-6-10-23(17(16)2)26(18(3)27)24-25-21(15-29-24)14-28-22-12-11-19-8-4-5-9-20(19)13-22/h4-13,15H,14H2,1-3H3. The van der Waals surface area contributed by atoms with Gasteiger partial charge < -0.3 is 0 Å². The Hall–Kier alpha value is -2.63. The number of carbonyl (C=O) groups is 1. The van der Waals surface area contributed by atoms with E-state index < -0.39 is 0 Å². The summed E-state index contributed by atoms with van der Waals surface area (Å²) < 4.78 is 0. The molecule has 4 aromatic rings. The van der Waals surface area contributed by atoms with E-state index in [1.54, 1.807) is 23.6 Å². The van der Waals surface area contributed by atoms with Gasteiger partial charge in [0.1, 0.15) is 0 Å². The summed E-state index contributed by atoms with van der Waals surface area (Å²) in [6.45, 7) is 5.70. The van der Waals surface area contributed by atoms with Crippen molar-refractivity contribution in [2.75, 3.05) is 4.90 Å². The van der Waals surface area contributed by atoms with Gasteiger partial charge >= 0.3 is 0 Å². The highest BCUT2D eigenvalue weighted by molar-refractivity contribution is 7.98. The molecule has 0 saturated heterocycles. The van der Waals surface area contributed by atoms with Gasteiger partial charge in [0.05, 0.1) is 11.4 Å². The molecule has 3 nitrogen and oxygen atoms in total. The summed E-state index contributed by atoms with van der Waals surface area (Å²) >= 11 is 3.28. The Balaban J connectivity index is 1.54. The molecular formula is C24H22N2OS2. The number of aryl methyl sites for hydroxylation is 1. The molecule has 0 aliphatic rings. The second-order valence-electron chi connectivity index (χ2n) is 6.99. The maximum atomic E-state index is 12.4. The summed E-state index contributed by atoms with van der Waals surface area (Å²) in [5.74, 6) is 0.745. The molecule has 1 aromatic heterocycles. The van der Waals surface area contributed by atoms with Crippen molar-refractivity contribution in [2.24, 2.45) is 0 Å². The third-order valence-corrected chi connectivity index (χ3v) is 6.87. The fourth-order valence-electron chi connectivity index (χ4n) is 3.26. The number of anilines is 2. The molecular weight excluding hydrogens is 396 g/mol. The molecule has 0 N–H and O–H groups in total. The van der Waals surface area contributed by atoms with Crippen LogP contribution in [0, 0.1) is 13.8 Å². The van der Waals surface area contributed by atoms with Gasteiger partial charge in [-0.3, -0.25) is 9.69 Å². The zero-order valence-corrected chi connectivity index (χ0v) is 18.3. The molecule has 5 heteroatoms. The van der Waals surface area contributed by atoms with Crippen molar-refractivity contribution in [3.8, 4) is 0 Å². The van der Waals surface area contributed by atoms with Gasteiger partial charge in [-0.1, -0.05) is 42.5 Å². The van der Waals surface area contributed by atoms with Gasteiger partial charge in [0, 0.05) is 23.0 Å². The van der Waals surface area contributed by atoms with Crippen LogP contribution in [-0.4, -0.2) is 10.9 Å². The van der Waals surface area contributed by atoms with Crippen LogP contribution in [0.4, 0.5) is 10.8 Å². The molecule has 1 heterocycles. The molecule has 0 unspecified atom stereocenters. The Bertz CT molecular complexity index is 1180. The lowest BCUT2D eigenvalue weighted by Gasteiger charge is -2.21. The van der Waals surface area contributed by atoms with Crippen molar-refractivity contribution >= 4 is 50.6 Å². The molecule has 0 aliphatic carbocycles. The van der Waals surface area contributed by atoms with Gasteiger partial charge in [-0.15, -0.1) is 23.1 Å². The van der Waals surface area contributed by atoms with Crippen molar-refractivity contribution in [2.45, 2.75) is 31.4 Å². The van der Waals surface area contributed by atoms with E-state index in [4.69, 9.17) is 4.98 Å². The number of amides is 1. The first-order chi connectivity index (χ1) is 14.0. The molecule has 0 radical (unpaired) electrons. The van der Waals surface area contributed by atoms with Gasteiger partial charge in [-0.2, -0.15) is 0 Å². The molecule has 1 amide bonds. The number of aromatic nitrogens is 1. The van der Waals surface area contributed by atoms with Gasteiger partial charge in [0.25, 0.3) is 0 Å². The summed E-state index contributed by atoms with van der Waals surface area (Å²) in [4.78, 5) is 20.1. The van der Waals surface area contributed by atoms with Gasteiger partial charge in [-0.25, -0.2) is 4.98 Å². The first kappa shape index (κ1) is 19.7. The van der Waals surface area contributed by atoms with Gasteiger partial charge in [-0.05, 0) is 53.9 Å². The van der Waals surface area contributed by atoms with Crippen LogP contribution in [0.1, 0.15) is 23.7 Å². The highest BCUT2D eigenvalue weighted by Crippen LogP contribution is 2.34. The maximum absolute atomic E-state index is 12.4. The number of hydrogen-bond donors (Lipinski definition) is 0. The third kappa shape index (κ3) is 4.21. The second kappa shape index (κ2) is 8.39. The fourth-order valence-corrected chi connectivity index (χ4v) is 5.09. The van der Waals surface area contributed by atoms with Crippen LogP contribution in [-0.2, 0) is 10.5 Å². The predicted molar refractivity (Wildman–Crippen MR) is 124 cm³/mol. The van der Waals surface area contributed by atoms with E-state index in [0.29, 0.717) is 0 Å². The Morgan fingerprint density at radius 2 is 1.83 bits per heavy atom. The Labute approximate surface area is 179 Å². The number of benzene rings is 3. The van der Waals surface area contributed by atoms with E-state index in [0.717, 1.165) is 33.4 Å². The van der Waals surface area contributed by atoms with E-state index in [2.05, 4.69) is 55.5 Å². The Morgan fingerprint density at radius 3 is 2.62 bits per heavy atom. The molecule has 0 fully saturated rings. The van der Waals surface area contributed by atoms with Crippen LogP contribution in [0.3, 0.4) is 0 Å². The minimum Gasteiger partial charge on any atom is -0.274 e. The normalized spacial score (nSPS) is 11.0. The van der Waals surface area contributed by atoms with Crippen molar-refractivity contribution in [1.82, 2.24) is 4.98 Å². The first-order valence-electron chi connectivity index (χ1n) is 9.46. The number of thioether (sulfide) groups is 1. The zero-order chi connectivity index (χ0) is 20.4. The number of nitrogens with zero attached hydrogens (tertiary/aromatic N) is 2. The van der Waals surface area contributed by atoms with E-state index in [-0.39, 0.29) is 5.91 Å². The van der Waals surface area contributed by atoms with Crippen LogP contribution in [0.2, 0.25) is 0 Å². The molecule has 0 spiro atoms. The monoisotopic (exact) mass is 418 g/mol. The summed E-state index contributed by atoms with van der Waals surface area (Å²) in [5, 5.41) is 5.26. The van der Waals surface area contributed by atoms with Crippen molar-refractivity contribution in [3.63, 3.8) is 0 Å². The summed E-state index contributed by atoms with van der Waals surface area (Å²) in [6.07, 6.45) is 0. The third-order valence-electron chi connectivity index (χ3n) is 4.97. The van der Waals surface area contributed by atoms with Crippen molar-refractivity contribution in [3.05, 3.63) is 82.9 Å². The van der Waals surface area contributed by atoms with Crippen LogP contribution in [0.15, 0.2) is 70.9 Å². The van der Waals surface area contributed by atoms with E-state index in [9.17, 15) is 4.79 Å². The number of rotatable bonds is 5. The number of thiazole rings is 1. The minimum absolute atomic E-state index is 0.0261. The summed E-state index contributed by atoms with van der Waals surface area (Å²) in [7, 11) is 0. The maximum Gasteiger partial charge on any atom is 0.230 e. The molecule has 4 rings (SSSR count). The lowest BCUT2D eigenvalue weighted by molar-refractivity contribution is -0.115. The first-order valence-corrected chi connectivity index (χ1v) is 11.3. The van der Waals surface area contributed by atoms with Crippen LogP contribution < -0.4 is 4.90 Å². The zero-order valence-electron chi connectivity index (χ0n) is 16.7. The average Bonchev–Trinajstić information content (AvgIpc) is 3.18. The molecule has 0 bridgehead atoms. The minimum atomic E-state index is -0.0261. The fraction of sp³-hybridized carbons (Fsp3) is 0.167. The van der Waals surface area contributed by atoms with Gasteiger partial charge in [0.15, 0.2) is 5.13 Å². The second-order valence-corrected chi connectivity index (χ2v) is 8.88. The van der Waals surface area contributed by atoms with Gasteiger partial charge in [0.2, 0.25) is 5.91 Å². The summed E-state index contributed by atoms with van der Waals surface area (Å²) in [6, 6.07) is 20.9. The molecule has 0 saturated carbocycles. The van der Waals surface area contributed by atoms with Crippen molar-refractivity contribution in [1.29, 1.82) is 0 Å². The van der Waals surface area contributed by atoms with Crippen LogP contribution in [0.25, 0.3) is 10.8 Å². The molecule has 29 heavy (non-hydrogen) atoms. The lowest BCUT2D eigenvalue weighted by Crippen LogP contribution is -2.23. The van der Waals surface area contributed by atoms with Crippen molar-refractivity contribution < 1.29 is 4.79 Å². The number of fused-ring (bicyclic) bond motifs is 1. The largest absolute Gasteiger partial charge is 0.274 e. The quantitative estimate of drug-likeness (QED) is 0.331. The smallest absolute Gasteiger partial charge is 0.230 e. The Kier molecular flexibility index (Phi) is 5.69. The lowest BCUT2D eigenvalue weighted by atomic mass is 10.1. The summed E-state index contributed by atoms with van der Waals surface area (Å²) in [5.41, 5.74) is 4.16. The number of hydrogen-bond acceptors (Lipinski definition) is 4. The highest BCUT2D eigenvalue weighted by Gasteiger charge is 2.20. The predicted octanol–water partition coefficient (Wildman–Crippen LogP) is 6.89. The number of carbonyl (C=O) groups excluding carboxylic acids is 1. The highest BCUT2D eigenvalue weighted by atomic mass is 32.2. The molecule has 3 aromatic carbocycles. The van der Waals surface area contributed by atoms with E-state index in [1.807, 2.05) is 24.4 Å². The van der Waals surface area contributed by atoms with Crippen LogP contribution in [0.5, 0.6) is 0 Å². The average molecular weight is 419 g/mol. The SMILES string of the molecule is CC(=O)N(c1nc(CSc2ccc3ccccc3c2)cs1)c1cccc(C)c1C. The molecule has 146 valence electrons. The van der Waals surface area contributed by atoms with Crippen LogP contribution >= 0.6 is 23.1 Å².